The number of carboxylic acids is 1. The Balaban J connectivity index is 1.96. The molecule has 1 fully saturated rings. The summed E-state index contributed by atoms with van der Waals surface area (Å²) in [6.07, 6.45) is 2.64. The third kappa shape index (κ3) is 2.55. The van der Waals surface area contributed by atoms with E-state index < -0.39 is 17.3 Å². The van der Waals surface area contributed by atoms with E-state index in [1.165, 1.54) is 12.3 Å². The molecule has 1 aromatic heterocycles. The fraction of sp³-hybridized carbons (Fsp3) is 0.364. The number of hydrogen-bond acceptors (Lipinski definition) is 3. The van der Waals surface area contributed by atoms with Crippen LogP contribution in [-0.4, -0.2) is 28.5 Å². The van der Waals surface area contributed by atoms with Crippen LogP contribution in [0.2, 0.25) is 5.02 Å². The van der Waals surface area contributed by atoms with Gasteiger partial charge in [-0.05, 0) is 25.0 Å². The highest BCUT2D eigenvalue weighted by Crippen LogP contribution is 2.45. The Labute approximate surface area is 103 Å². The number of hydrogen-bond donors (Lipinski definition) is 2. The zero-order chi connectivity index (χ0) is 12.5. The largest absolute Gasteiger partial charge is 0.481 e. The maximum atomic E-state index is 11.7. The Morgan fingerprint density at radius 1 is 1.53 bits per heavy atom. The molecule has 1 amide bonds. The highest BCUT2D eigenvalue weighted by atomic mass is 35.5. The molecule has 0 aliphatic heterocycles. The molecular formula is C11H11ClN2O3. The molecule has 0 atom stereocenters. The number of nitrogens with zero attached hydrogens (tertiary/aromatic N) is 1. The van der Waals surface area contributed by atoms with E-state index in [1.807, 2.05) is 0 Å². The molecule has 0 aromatic carbocycles. The lowest BCUT2D eigenvalue weighted by Crippen LogP contribution is -2.34. The van der Waals surface area contributed by atoms with Gasteiger partial charge in [0.15, 0.2) is 0 Å². The van der Waals surface area contributed by atoms with E-state index in [9.17, 15) is 9.59 Å². The number of pyridine rings is 1. The van der Waals surface area contributed by atoms with Crippen LogP contribution in [0.1, 0.15) is 23.3 Å². The number of aromatic nitrogens is 1. The minimum absolute atomic E-state index is 0.134. The molecule has 17 heavy (non-hydrogen) atoms. The topological polar surface area (TPSA) is 79.3 Å². The molecule has 0 bridgehead atoms. The molecular weight excluding hydrogens is 244 g/mol. The molecule has 0 spiro atoms. The van der Waals surface area contributed by atoms with Crippen molar-refractivity contribution in [3.8, 4) is 0 Å². The summed E-state index contributed by atoms with van der Waals surface area (Å²) in [5.41, 5.74) is -0.576. The monoisotopic (exact) mass is 254 g/mol. The third-order valence-electron chi connectivity index (χ3n) is 2.85. The zero-order valence-electron chi connectivity index (χ0n) is 8.94. The number of amides is 1. The average Bonchev–Trinajstić information content (AvgIpc) is 3.07. The van der Waals surface area contributed by atoms with Gasteiger partial charge in [0.1, 0.15) is 5.69 Å². The summed E-state index contributed by atoms with van der Waals surface area (Å²) < 4.78 is 0. The maximum absolute atomic E-state index is 11.7. The van der Waals surface area contributed by atoms with E-state index in [-0.39, 0.29) is 12.2 Å². The molecule has 0 unspecified atom stereocenters. The summed E-state index contributed by atoms with van der Waals surface area (Å²) in [5.74, 6) is -1.27. The quantitative estimate of drug-likeness (QED) is 0.850. The van der Waals surface area contributed by atoms with Gasteiger partial charge in [0.2, 0.25) is 0 Å². The van der Waals surface area contributed by atoms with Crippen LogP contribution >= 0.6 is 11.6 Å². The summed E-state index contributed by atoms with van der Waals surface area (Å²) >= 11 is 5.73. The lowest BCUT2D eigenvalue weighted by molar-refractivity contribution is -0.143. The van der Waals surface area contributed by atoms with E-state index in [1.54, 1.807) is 6.07 Å². The normalized spacial score (nSPS) is 16.3. The third-order valence-corrected chi connectivity index (χ3v) is 3.08. The molecule has 1 aliphatic rings. The molecule has 1 aromatic rings. The summed E-state index contributed by atoms with van der Waals surface area (Å²) in [6, 6.07) is 3.01. The van der Waals surface area contributed by atoms with Gasteiger partial charge in [-0.3, -0.25) is 14.6 Å². The molecule has 1 aliphatic carbocycles. The molecule has 90 valence electrons. The predicted octanol–water partition coefficient (Wildman–Crippen LogP) is 1.33. The van der Waals surface area contributed by atoms with Crippen LogP contribution in [0.5, 0.6) is 0 Å². The number of carbonyl (C=O) groups excluding carboxylic acids is 1. The van der Waals surface area contributed by atoms with Crippen molar-refractivity contribution < 1.29 is 14.7 Å². The Morgan fingerprint density at radius 3 is 2.76 bits per heavy atom. The van der Waals surface area contributed by atoms with Crippen molar-refractivity contribution in [3.05, 3.63) is 29.0 Å². The van der Waals surface area contributed by atoms with Gasteiger partial charge in [-0.2, -0.15) is 0 Å². The van der Waals surface area contributed by atoms with Gasteiger partial charge in [0, 0.05) is 17.8 Å². The Morgan fingerprint density at radius 2 is 2.24 bits per heavy atom. The Kier molecular flexibility index (Phi) is 3.02. The molecule has 2 rings (SSSR count). The zero-order valence-corrected chi connectivity index (χ0v) is 9.70. The first kappa shape index (κ1) is 11.9. The van der Waals surface area contributed by atoms with Crippen molar-refractivity contribution in [2.75, 3.05) is 6.54 Å². The first-order chi connectivity index (χ1) is 8.03. The SMILES string of the molecule is O=C(NCC1(C(=O)O)CC1)c1cc(Cl)ccn1. The molecule has 5 nitrogen and oxygen atoms in total. The van der Waals surface area contributed by atoms with Crippen LogP contribution in [0.15, 0.2) is 18.3 Å². The highest BCUT2D eigenvalue weighted by molar-refractivity contribution is 6.30. The molecule has 2 N–H and O–H groups in total. The van der Waals surface area contributed by atoms with E-state index in [2.05, 4.69) is 10.3 Å². The molecule has 1 saturated carbocycles. The minimum atomic E-state index is -0.864. The Hall–Kier alpha value is -1.62. The predicted molar refractivity (Wildman–Crippen MR) is 60.9 cm³/mol. The van der Waals surface area contributed by atoms with Gasteiger partial charge in [-0.15, -0.1) is 0 Å². The van der Waals surface area contributed by atoms with E-state index >= 15 is 0 Å². The maximum Gasteiger partial charge on any atom is 0.311 e. The van der Waals surface area contributed by atoms with Crippen molar-refractivity contribution in [3.63, 3.8) is 0 Å². The minimum Gasteiger partial charge on any atom is -0.481 e. The second kappa shape index (κ2) is 4.33. The summed E-state index contributed by atoms with van der Waals surface area (Å²) in [6.45, 7) is 0.134. The van der Waals surface area contributed by atoms with Crippen molar-refractivity contribution in [2.45, 2.75) is 12.8 Å². The van der Waals surface area contributed by atoms with Crippen LogP contribution in [-0.2, 0) is 4.79 Å². The number of halogens is 1. The first-order valence-corrected chi connectivity index (χ1v) is 5.54. The van der Waals surface area contributed by atoms with Gasteiger partial charge in [0.25, 0.3) is 5.91 Å². The number of aliphatic carboxylic acids is 1. The van der Waals surface area contributed by atoms with Crippen LogP contribution < -0.4 is 5.32 Å². The smallest absolute Gasteiger partial charge is 0.311 e. The van der Waals surface area contributed by atoms with Gasteiger partial charge in [0.05, 0.1) is 5.41 Å². The van der Waals surface area contributed by atoms with Gasteiger partial charge in [-0.25, -0.2) is 0 Å². The van der Waals surface area contributed by atoms with Crippen LogP contribution in [0.4, 0.5) is 0 Å². The summed E-state index contributed by atoms with van der Waals surface area (Å²) in [5, 5.41) is 11.9. The van der Waals surface area contributed by atoms with Crippen molar-refractivity contribution in [1.82, 2.24) is 10.3 Å². The number of carboxylic acid groups (broad SMARTS) is 1. The second-order valence-corrected chi connectivity index (χ2v) is 4.56. The lowest BCUT2D eigenvalue weighted by atomic mass is 10.1. The molecule has 6 heteroatoms. The number of carbonyl (C=O) groups is 2. The van der Waals surface area contributed by atoms with Crippen molar-refractivity contribution >= 4 is 23.5 Å². The van der Waals surface area contributed by atoms with Gasteiger partial charge in [-0.1, -0.05) is 11.6 Å². The highest BCUT2D eigenvalue weighted by Gasteiger charge is 2.50. The molecule has 0 saturated heterocycles. The van der Waals surface area contributed by atoms with Crippen molar-refractivity contribution in [1.29, 1.82) is 0 Å². The van der Waals surface area contributed by atoms with Crippen LogP contribution in [0, 0.1) is 5.41 Å². The standard InChI is InChI=1S/C11H11ClN2O3/c12-7-1-4-13-8(5-7)9(15)14-6-11(2-3-11)10(16)17/h1,4-5H,2-3,6H2,(H,14,15)(H,16,17). The van der Waals surface area contributed by atoms with Crippen molar-refractivity contribution in [2.24, 2.45) is 5.41 Å². The lowest BCUT2D eigenvalue weighted by Gasteiger charge is -2.10. The fourth-order valence-electron chi connectivity index (χ4n) is 1.49. The fourth-order valence-corrected chi connectivity index (χ4v) is 1.65. The second-order valence-electron chi connectivity index (χ2n) is 4.13. The van der Waals surface area contributed by atoms with E-state index in [0.29, 0.717) is 17.9 Å². The first-order valence-electron chi connectivity index (χ1n) is 5.17. The summed E-state index contributed by atoms with van der Waals surface area (Å²) in [4.78, 5) is 26.4. The van der Waals surface area contributed by atoms with Gasteiger partial charge >= 0.3 is 5.97 Å². The average molecular weight is 255 g/mol. The van der Waals surface area contributed by atoms with Crippen LogP contribution in [0.3, 0.4) is 0 Å². The Bertz CT molecular complexity index is 472. The molecule has 1 heterocycles. The van der Waals surface area contributed by atoms with Crippen LogP contribution in [0.25, 0.3) is 0 Å². The number of rotatable bonds is 4. The summed E-state index contributed by atoms with van der Waals surface area (Å²) in [7, 11) is 0. The van der Waals surface area contributed by atoms with E-state index in [0.717, 1.165) is 0 Å². The number of nitrogens with one attached hydrogen (secondary N) is 1. The van der Waals surface area contributed by atoms with Gasteiger partial charge < -0.3 is 10.4 Å². The van der Waals surface area contributed by atoms with E-state index in [4.69, 9.17) is 16.7 Å². The molecule has 0 radical (unpaired) electrons.